The molecule has 2 aromatic rings. The minimum atomic E-state index is 0.109. The number of carbonyl (C=O) groups excluding carboxylic acids is 1. The molecule has 2 heterocycles. The molecule has 4 nitrogen and oxygen atoms in total. The third kappa shape index (κ3) is 3.10. The summed E-state index contributed by atoms with van der Waals surface area (Å²) in [5.41, 5.74) is 1.98. The zero-order valence-corrected chi connectivity index (χ0v) is 12.2. The summed E-state index contributed by atoms with van der Waals surface area (Å²) in [6.07, 6.45) is 3.87. The molecular formula is C17H20N2O2. The van der Waals surface area contributed by atoms with Crippen molar-refractivity contribution >= 4 is 5.91 Å². The Morgan fingerprint density at radius 1 is 1.33 bits per heavy atom. The van der Waals surface area contributed by atoms with Gasteiger partial charge in [0.15, 0.2) is 0 Å². The molecule has 0 saturated carbocycles. The smallest absolute Gasteiger partial charge is 0.270 e. The molecule has 1 saturated heterocycles. The van der Waals surface area contributed by atoms with E-state index in [-0.39, 0.29) is 5.91 Å². The van der Waals surface area contributed by atoms with E-state index in [9.17, 15) is 4.79 Å². The first kappa shape index (κ1) is 13.7. The van der Waals surface area contributed by atoms with Crippen LogP contribution in [-0.2, 0) is 6.42 Å². The minimum absolute atomic E-state index is 0.109. The van der Waals surface area contributed by atoms with E-state index in [1.54, 1.807) is 13.3 Å². The topological polar surface area (TPSA) is 45.3 Å². The van der Waals surface area contributed by atoms with Gasteiger partial charge < -0.3 is 14.6 Å². The molecule has 1 N–H and O–H groups in total. The van der Waals surface area contributed by atoms with E-state index < -0.39 is 0 Å². The van der Waals surface area contributed by atoms with E-state index >= 15 is 0 Å². The first-order valence-corrected chi connectivity index (χ1v) is 7.32. The summed E-state index contributed by atoms with van der Waals surface area (Å²) < 4.78 is 5.17. The van der Waals surface area contributed by atoms with E-state index in [1.165, 1.54) is 5.56 Å². The largest absolute Gasteiger partial charge is 0.497 e. The monoisotopic (exact) mass is 284 g/mol. The van der Waals surface area contributed by atoms with Crippen LogP contribution in [0.5, 0.6) is 5.75 Å². The Morgan fingerprint density at radius 2 is 2.14 bits per heavy atom. The van der Waals surface area contributed by atoms with Crippen molar-refractivity contribution in [2.24, 2.45) is 5.92 Å². The number of likely N-dealkylation sites (tertiary alicyclic amines) is 1. The number of rotatable bonds is 4. The third-order valence-electron chi connectivity index (χ3n) is 4.08. The second kappa shape index (κ2) is 6.04. The second-order valence-corrected chi connectivity index (χ2v) is 5.54. The first-order valence-electron chi connectivity index (χ1n) is 7.32. The van der Waals surface area contributed by atoms with Crippen molar-refractivity contribution in [3.63, 3.8) is 0 Å². The van der Waals surface area contributed by atoms with Crippen LogP contribution < -0.4 is 4.74 Å². The number of methoxy groups -OCH3 is 1. The molecule has 1 fully saturated rings. The van der Waals surface area contributed by atoms with Crippen LogP contribution in [0.25, 0.3) is 0 Å². The maximum Gasteiger partial charge on any atom is 0.270 e. The van der Waals surface area contributed by atoms with Crippen LogP contribution in [0.15, 0.2) is 42.6 Å². The van der Waals surface area contributed by atoms with E-state index in [0.717, 1.165) is 31.7 Å². The Balaban J connectivity index is 1.58. The molecule has 0 radical (unpaired) electrons. The van der Waals surface area contributed by atoms with Gasteiger partial charge in [-0.1, -0.05) is 12.1 Å². The Labute approximate surface area is 124 Å². The molecule has 3 rings (SSSR count). The van der Waals surface area contributed by atoms with Gasteiger partial charge in [0.2, 0.25) is 0 Å². The van der Waals surface area contributed by atoms with Crippen molar-refractivity contribution in [3.8, 4) is 5.75 Å². The molecule has 1 aromatic carbocycles. The first-order chi connectivity index (χ1) is 10.3. The highest BCUT2D eigenvalue weighted by molar-refractivity contribution is 5.92. The molecule has 0 bridgehead atoms. The number of hydrogen-bond acceptors (Lipinski definition) is 2. The van der Waals surface area contributed by atoms with Gasteiger partial charge >= 0.3 is 0 Å². The molecule has 1 aromatic heterocycles. The van der Waals surface area contributed by atoms with Gasteiger partial charge in [-0.2, -0.15) is 0 Å². The Hall–Kier alpha value is -2.23. The van der Waals surface area contributed by atoms with Crippen LogP contribution in [0.4, 0.5) is 0 Å². The molecule has 21 heavy (non-hydrogen) atoms. The number of carbonyl (C=O) groups is 1. The molecule has 1 unspecified atom stereocenters. The average molecular weight is 284 g/mol. The fourth-order valence-corrected chi connectivity index (χ4v) is 2.91. The number of nitrogens with zero attached hydrogens (tertiary/aromatic N) is 1. The van der Waals surface area contributed by atoms with Gasteiger partial charge in [0.05, 0.1) is 7.11 Å². The van der Waals surface area contributed by atoms with Crippen molar-refractivity contribution in [2.45, 2.75) is 12.8 Å². The summed E-state index contributed by atoms with van der Waals surface area (Å²) in [4.78, 5) is 17.2. The predicted octanol–water partition coefficient (Wildman–Crippen LogP) is 2.73. The van der Waals surface area contributed by atoms with Gasteiger partial charge in [-0.25, -0.2) is 0 Å². The molecule has 1 atom stereocenters. The SMILES string of the molecule is COc1ccc(CC2CCN(C(=O)c3ccc[nH]3)C2)cc1. The summed E-state index contributed by atoms with van der Waals surface area (Å²) in [7, 11) is 1.68. The van der Waals surface area contributed by atoms with Crippen molar-refractivity contribution in [3.05, 3.63) is 53.9 Å². The van der Waals surface area contributed by atoms with Crippen molar-refractivity contribution in [1.29, 1.82) is 0 Å². The molecule has 110 valence electrons. The van der Waals surface area contributed by atoms with Crippen molar-refractivity contribution < 1.29 is 9.53 Å². The summed E-state index contributed by atoms with van der Waals surface area (Å²) in [6.45, 7) is 1.68. The zero-order valence-electron chi connectivity index (χ0n) is 12.2. The van der Waals surface area contributed by atoms with Gasteiger partial charge in [-0.05, 0) is 48.6 Å². The van der Waals surface area contributed by atoms with E-state index in [4.69, 9.17) is 4.74 Å². The predicted molar refractivity (Wildman–Crippen MR) is 81.5 cm³/mol. The van der Waals surface area contributed by atoms with Gasteiger partial charge in [0.25, 0.3) is 5.91 Å². The van der Waals surface area contributed by atoms with Crippen LogP contribution in [0.1, 0.15) is 22.5 Å². The lowest BCUT2D eigenvalue weighted by Gasteiger charge is -2.15. The molecule has 4 heteroatoms. The van der Waals surface area contributed by atoms with Gasteiger partial charge in [-0.3, -0.25) is 4.79 Å². The molecule has 1 aliphatic heterocycles. The highest BCUT2D eigenvalue weighted by atomic mass is 16.5. The Kier molecular flexibility index (Phi) is 3.95. The summed E-state index contributed by atoms with van der Waals surface area (Å²) in [5, 5.41) is 0. The molecule has 1 amide bonds. The lowest BCUT2D eigenvalue weighted by atomic mass is 9.99. The Morgan fingerprint density at radius 3 is 2.81 bits per heavy atom. The number of nitrogens with one attached hydrogen (secondary N) is 1. The number of ether oxygens (including phenoxy) is 1. The molecule has 0 aliphatic carbocycles. The molecule has 0 spiro atoms. The summed E-state index contributed by atoms with van der Waals surface area (Å²) >= 11 is 0. The molecular weight excluding hydrogens is 264 g/mol. The third-order valence-corrected chi connectivity index (χ3v) is 4.08. The quantitative estimate of drug-likeness (QED) is 0.938. The normalized spacial score (nSPS) is 18.0. The summed E-state index contributed by atoms with van der Waals surface area (Å²) in [6, 6.07) is 11.9. The highest BCUT2D eigenvalue weighted by Gasteiger charge is 2.27. The van der Waals surface area contributed by atoms with E-state index in [0.29, 0.717) is 11.6 Å². The van der Waals surface area contributed by atoms with Gasteiger partial charge in [-0.15, -0.1) is 0 Å². The molecule has 1 aliphatic rings. The fourth-order valence-electron chi connectivity index (χ4n) is 2.91. The number of aromatic nitrogens is 1. The van der Waals surface area contributed by atoms with Crippen LogP contribution >= 0.6 is 0 Å². The standard InChI is InChI=1S/C17H20N2O2/c1-21-15-6-4-13(5-7-15)11-14-8-10-19(12-14)17(20)16-3-2-9-18-16/h2-7,9,14,18H,8,10-12H2,1H3. The van der Waals surface area contributed by atoms with E-state index in [2.05, 4.69) is 17.1 Å². The number of benzene rings is 1. The van der Waals surface area contributed by atoms with Crippen molar-refractivity contribution in [1.82, 2.24) is 9.88 Å². The Bertz CT molecular complexity index is 590. The lowest BCUT2D eigenvalue weighted by molar-refractivity contribution is 0.0782. The second-order valence-electron chi connectivity index (χ2n) is 5.54. The highest BCUT2D eigenvalue weighted by Crippen LogP contribution is 2.23. The average Bonchev–Trinajstić information content (AvgIpc) is 3.19. The minimum Gasteiger partial charge on any atom is -0.497 e. The van der Waals surface area contributed by atoms with Gasteiger partial charge in [0.1, 0.15) is 11.4 Å². The number of H-pyrrole nitrogens is 1. The summed E-state index contributed by atoms with van der Waals surface area (Å²) in [5.74, 6) is 1.53. The zero-order chi connectivity index (χ0) is 14.7. The van der Waals surface area contributed by atoms with Crippen molar-refractivity contribution in [2.75, 3.05) is 20.2 Å². The van der Waals surface area contributed by atoms with E-state index in [1.807, 2.05) is 29.2 Å². The lowest BCUT2D eigenvalue weighted by Crippen LogP contribution is -2.29. The maximum atomic E-state index is 12.3. The number of aromatic amines is 1. The number of hydrogen-bond donors (Lipinski definition) is 1. The fraction of sp³-hybridized carbons (Fsp3) is 0.353. The number of amides is 1. The van der Waals surface area contributed by atoms with Crippen LogP contribution in [0.3, 0.4) is 0 Å². The van der Waals surface area contributed by atoms with Gasteiger partial charge in [0, 0.05) is 19.3 Å². The van der Waals surface area contributed by atoms with Crippen LogP contribution in [0.2, 0.25) is 0 Å². The van der Waals surface area contributed by atoms with Crippen LogP contribution in [-0.4, -0.2) is 36.0 Å². The van der Waals surface area contributed by atoms with Crippen LogP contribution in [0, 0.1) is 5.92 Å². The maximum absolute atomic E-state index is 12.3.